The highest BCUT2D eigenvalue weighted by atomic mass is 32.2. The van der Waals surface area contributed by atoms with Crippen LogP contribution < -0.4 is 14.8 Å². The fourth-order valence-corrected chi connectivity index (χ4v) is 4.44. The van der Waals surface area contributed by atoms with E-state index in [0.717, 1.165) is 25.9 Å². The molecular weight excluding hydrogens is 394 g/mol. The SMILES string of the molecule is COc1ccc(S(=O)(=O)NC(CC(C)C)C(=O)NCCC(=O)N2CCCC2)cc1. The van der Waals surface area contributed by atoms with Crippen molar-refractivity contribution in [3.05, 3.63) is 24.3 Å². The van der Waals surface area contributed by atoms with Crippen molar-refractivity contribution < 1.29 is 22.7 Å². The van der Waals surface area contributed by atoms with Gasteiger partial charge in [-0.25, -0.2) is 8.42 Å². The van der Waals surface area contributed by atoms with Crippen molar-refractivity contribution in [1.82, 2.24) is 14.9 Å². The van der Waals surface area contributed by atoms with E-state index in [2.05, 4.69) is 10.0 Å². The Kier molecular flexibility index (Phi) is 8.45. The number of likely N-dealkylation sites (tertiary alicyclic amines) is 1. The number of hydrogen-bond donors (Lipinski definition) is 2. The maximum absolute atomic E-state index is 12.7. The van der Waals surface area contributed by atoms with E-state index >= 15 is 0 Å². The Labute approximate surface area is 173 Å². The van der Waals surface area contributed by atoms with Crippen LogP contribution in [0.25, 0.3) is 0 Å². The Balaban J connectivity index is 1.97. The highest BCUT2D eigenvalue weighted by molar-refractivity contribution is 7.89. The summed E-state index contributed by atoms with van der Waals surface area (Å²) in [6.07, 6.45) is 2.59. The Hall–Kier alpha value is -2.13. The Morgan fingerprint density at radius 2 is 1.76 bits per heavy atom. The maximum Gasteiger partial charge on any atom is 0.241 e. The van der Waals surface area contributed by atoms with E-state index in [1.165, 1.54) is 19.2 Å². The topological polar surface area (TPSA) is 105 Å². The summed E-state index contributed by atoms with van der Waals surface area (Å²) in [4.78, 5) is 26.6. The van der Waals surface area contributed by atoms with Crippen LogP contribution in [0.15, 0.2) is 29.2 Å². The highest BCUT2D eigenvalue weighted by Gasteiger charge is 2.27. The van der Waals surface area contributed by atoms with E-state index in [9.17, 15) is 18.0 Å². The average Bonchev–Trinajstić information content (AvgIpc) is 3.21. The van der Waals surface area contributed by atoms with Crippen molar-refractivity contribution in [2.45, 2.75) is 50.5 Å². The molecule has 29 heavy (non-hydrogen) atoms. The van der Waals surface area contributed by atoms with E-state index in [1.54, 1.807) is 17.0 Å². The lowest BCUT2D eigenvalue weighted by Gasteiger charge is -2.21. The third kappa shape index (κ3) is 7.01. The molecule has 1 saturated heterocycles. The standard InChI is InChI=1S/C20H31N3O5S/c1-15(2)14-18(20(25)21-11-10-19(24)23-12-4-5-13-23)22-29(26,27)17-8-6-16(28-3)7-9-17/h6-9,15,18,22H,4-5,10-14H2,1-3H3,(H,21,25). The van der Waals surface area contributed by atoms with E-state index < -0.39 is 22.0 Å². The van der Waals surface area contributed by atoms with Gasteiger partial charge in [0.25, 0.3) is 0 Å². The molecule has 1 aliphatic heterocycles. The first-order chi connectivity index (χ1) is 13.7. The average molecular weight is 426 g/mol. The highest BCUT2D eigenvalue weighted by Crippen LogP contribution is 2.17. The molecule has 1 atom stereocenters. The molecule has 1 heterocycles. The zero-order valence-electron chi connectivity index (χ0n) is 17.3. The molecule has 0 spiro atoms. The number of nitrogens with one attached hydrogen (secondary N) is 2. The lowest BCUT2D eigenvalue weighted by molar-refractivity contribution is -0.130. The second kappa shape index (κ2) is 10.6. The van der Waals surface area contributed by atoms with Crippen LogP contribution in [0, 0.1) is 5.92 Å². The monoisotopic (exact) mass is 425 g/mol. The van der Waals surface area contributed by atoms with Gasteiger partial charge in [0.1, 0.15) is 11.8 Å². The largest absolute Gasteiger partial charge is 0.497 e. The summed E-state index contributed by atoms with van der Waals surface area (Å²) in [5, 5.41) is 2.70. The molecule has 1 aromatic carbocycles. The quantitative estimate of drug-likeness (QED) is 0.591. The first-order valence-electron chi connectivity index (χ1n) is 9.95. The number of carbonyl (C=O) groups is 2. The predicted octanol–water partition coefficient (Wildman–Crippen LogP) is 1.52. The first kappa shape index (κ1) is 23.2. The second-order valence-electron chi connectivity index (χ2n) is 7.61. The molecule has 0 aliphatic carbocycles. The Morgan fingerprint density at radius 1 is 1.14 bits per heavy atom. The first-order valence-corrected chi connectivity index (χ1v) is 11.4. The van der Waals surface area contributed by atoms with Gasteiger partial charge in [-0.2, -0.15) is 4.72 Å². The van der Waals surface area contributed by atoms with Crippen molar-refractivity contribution in [1.29, 1.82) is 0 Å². The Bertz CT molecular complexity index is 787. The van der Waals surface area contributed by atoms with Gasteiger partial charge in [-0.3, -0.25) is 9.59 Å². The van der Waals surface area contributed by atoms with Crippen LogP contribution in [-0.2, 0) is 19.6 Å². The van der Waals surface area contributed by atoms with E-state index in [0.29, 0.717) is 12.2 Å². The molecule has 162 valence electrons. The summed E-state index contributed by atoms with van der Waals surface area (Å²) in [5.74, 6) is 0.241. The fourth-order valence-electron chi connectivity index (χ4n) is 3.23. The molecule has 9 heteroatoms. The molecular formula is C20H31N3O5S. The van der Waals surface area contributed by atoms with Crippen molar-refractivity contribution in [3.63, 3.8) is 0 Å². The van der Waals surface area contributed by atoms with Gasteiger partial charge in [0, 0.05) is 26.1 Å². The van der Waals surface area contributed by atoms with Crippen molar-refractivity contribution >= 4 is 21.8 Å². The molecule has 1 aliphatic rings. The number of nitrogens with zero attached hydrogens (tertiary/aromatic N) is 1. The van der Waals surface area contributed by atoms with E-state index in [-0.39, 0.29) is 29.7 Å². The predicted molar refractivity (Wildman–Crippen MR) is 110 cm³/mol. The molecule has 2 amide bonds. The smallest absolute Gasteiger partial charge is 0.241 e. The zero-order chi connectivity index (χ0) is 21.4. The van der Waals surface area contributed by atoms with Crippen LogP contribution in [0.4, 0.5) is 0 Å². The van der Waals surface area contributed by atoms with Crippen LogP contribution in [0.5, 0.6) is 5.75 Å². The number of rotatable bonds is 10. The molecule has 2 N–H and O–H groups in total. The minimum Gasteiger partial charge on any atom is -0.497 e. The van der Waals surface area contributed by atoms with Crippen LogP contribution in [-0.4, -0.2) is 57.9 Å². The van der Waals surface area contributed by atoms with Crippen molar-refractivity contribution in [2.75, 3.05) is 26.7 Å². The lowest BCUT2D eigenvalue weighted by Crippen LogP contribution is -2.48. The van der Waals surface area contributed by atoms with Crippen molar-refractivity contribution in [2.24, 2.45) is 5.92 Å². The summed E-state index contributed by atoms with van der Waals surface area (Å²) in [5.41, 5.74) is 0. The maximum atomic E-state index is 12.7. The fraction of sp³-hybridized carbons (Fsp3) is 0.600. The van der Waals surface area contributed by atoms with Gasteiger partial charge < -0.3 is 15.0 Å². The molecule has 0 saturated carbocycles. The minimum atomic E-state index is -3.87. The number of carbonyl (C=O) groups excluding carboxylic acids is 2. The van der Waals surface area contributed by atoms with Gasteiger partial charge in [-0.1, -0.05) is 13.8 Å². The van der Waals surface area contributed by atoms with Gasteiger partial charge in [-0.05, 0) is 49.4 Å². The van der Waals surface area contributed by atoms with Crippen LogP contribution >= 0.6 is 0 Å². The minimum absolute atomic E-state index is 0.0158. The number of amides is 2. The van der Waals surface area contributed by atoms with Crippen molar-refractivity contribution in [3.8, 4) is 5.75 Å². The molecule has 2 rings (SSSR count). The zero-order valence-corrected chi connectivity index (χ0v) is 18.1. The summed E-state index contributed by atoms with van der Waals surface area (Å²) >= 11 is 0. The summed E-state index contributed by atoms with van der Waals surface area (Å²) < 4.78 is 32.9. The molecule has 0 aromatic heterocycles. The molecule has 0 radical (unpaired) electrons. The molecule has 0 bridgehead atoms. The third-order valence-electron chi connectivity index (χ3n) is 4.79. The van der Waals surface area contributed by atoms with Gasteiger partial charge in [-0.15, -0.1) is 0 Å². The number of sulfonamides is 1. The number of benzene rings is 1. The molecule has 1 fully saturated rings. The van der Waals surface area contributed by atoms with Gasteiger partial charge in [0.05, 0.1) is 12.0 Å². The molecule has 1 unspecified atom stereocenters. The van der Waals surface area contributed by atoms with Crippen LogP contribution in [0.2, 0.25) is 0 Å². The van der Waals surface area contributed by atoms with Crippen LogP contribution in [0.1, 0.15) is 39.5 Å². The van der Waals surface area contributed by atoms with Gasteiger partial charge in [0.15, 0.2) is 0 Å². The third-order valence-corrected chi connectivity index (χ3v) is 6.28. The van der Waals surface area contributed by atoms with Gasteiger partial charge >= 0.3 is 0 Å². The summed E-state index contributed by atoms with van der Waals surface area (Å²) in [6.45, 7) is 5.56. The second-order valence-corrected chi connectivity index (χ2v) is 9.32. The number of methoxy groups -OCH3 is 1. The van der Waals surface area contributed by atoms with E-state index in [4.69, 9.17) is 4.74 Å². The molecule has 1 aromatic rings. The summed E-state index contributed by atoms with van der Waals surface area (Å²) in [6, 6.07) is 5.05. The Morgan fingerprint density at radius 3 is 2.31 bits per heavy atom. The van der Waals surface area contributed by atoms with E-state index in [1.807, 2.05) is 13.8 Å². The normalized spacial score (nSPS) is 15.4. The lowest BCUT2D eigenvalue weighted by atomic mass is 10.0. The van der Waals surface area contributed by atoms with Gasteiger partial charge in [0.2, 0.25) is 21.8 Å². The summed E-state index contributed by atoms with van der Waals surface area (Å²) in [7, 11) is -2.37. The number of ether oxygens (including phenoxy) is 1. The van der Waals surface area contributed by atoms with Crippen LogP contribution in [0.3, 0.4) is 0 Å². The molecule has 8 nitrogen and oxygen atoms in total. The number of hydrogen-bond acceptors (Lipinski definition) is 5.